The Kier molecular flexibility index (Phi) is 6.28. The number of likely N-dealkylation sites (N-methyl/N-ethyl adjacent to an activating group) is 2. The smallest absolute Gasteiger partial charge is 0.284 e. The molecular weight excluding hydrogens is 469 g/mol. The number of halogens is 1. The van der Waals surface area contributed by atoms with Gasteiger partial charge in [-0.1, -0.05) is 11.3 Å². The molecule has 0 spiro atoms. The Bertz CT molecular complexity index is 1400. The predicted octanol–water partition coefficient (Wildman–Crippen LogP) is 3.90. The Morgan fingerprint density at radius 1 is 1.34 bits per heavy atom. The lowest BCUT2D eigenvalue weighted by Crippen LogP contribution is -2.38. The van der Waals surface area contributed by atoms with Crippen molar-refractivity contribution in [2.45, 2.75) is 25.8 Å². The molecule has 35 heavy (non-hydrogen) atoms. The molecule has 4 aromatic rings. The molecule has 5 rings (SSSR count). The fourth-order valence-electron chi connectivity index (χ4n) is 4.63. The summed E-state index contributed by atoms with van der Waals surface area (Å²) in [7, 11) is 5.23. The van der Waals surface area contributed by atoms with Crippen LogP contribution in [0.25, 0.3) is 21.3 Å². The lowest BCUT2D eigenvalue weighted by molar-refractivity contribution is 0.102. The SMILES string of the molecule is CCN(CC1CCCN1C)c1ccc2nc(C(=O)Nc3cc4cn(C)nc4c(F)c3OC)sc2n1. The highest BCUT2D eigenvalue weighted by Crippen LogP contribution is 2.34. The maximum atomic E-state index is 14.9. The van der Waals surface area contributed by atoms with E-state index in [1.54, 1.807) is 19.3 Å². The van der Waals surface area contributed by atoms with Gasteiger partial charge in [0.2, 0.25) is 0 Å². The number of benzene rings is 1. The second-order valence-corrected chi connectivity index (χ2v) is 9.77. The first-order valence-electron chi connectivity index (χ1n) is 11.6. The number of hydrogen-bond acceptors (Lipinski definition) is 8. The van der Waals surface area contributed by atoms with Crippen LogP contribution in [0, 0.1) is 5.82 Å². The molecule has 4 heterocycles. The van der Waals surface area contributed by atoms with Gasteiger partial charge in [-0.3, -0.25) is 9.48 Å². The molecule has 1 fully saturated rings. The minimum Gasteiger partial charge on any atom is -0.491 e. The maximum absolute atomic E-state index is 14.9. The van der Waals surface area contributed by atoms with Crippen molar-refractivity contribution in [1.29, 1.82) is 0 Å². The number of anilines is 2. The van der Waals surface area contributed by atoms with Gasteiger partial charge in [0.1, 0.15) is 21.7 Å². The average molecular weight is 498 g/mol. The number of nitrogens with one attached hydrogen (secondary N) is 1. The number of aryl methyl sites for hydroxylation is 1. The Balaban J connectivity index is 1.40. The summed E-state index contributed by atoms with van der Waals surface area (Å²) >= 11 is 1.21. The van der Waals surface area contributed by atoms with E-state index >= 15 is 0 Å². The van der Waals surface area contributed by atoms with Crippen molar-refractivity contribution in [2.75, 3.05) is 44.0 Å². The highest BCUT2D eigenvalue weighted by Gasteiger charge is 2.24. The monoisotopic (exact) mass is 497 g/mol. The van der Waals surface area contributed by atoms with E-state index < -0.39 is 11.7 Å². The zero-order chi connectivity index (χ0) is 24.7. The lowest BCUT2D eigenvalue weighted by Gasteiger charge is -2.28. The van der Waals surface area contributed by atoms with Crippen LogP contribution in [0.15, 0.2) is 24.4 Å². The van der Waals surface area contributed by atoms with Crippen LogP contribution in [-0.4, -0.2) is 70.4 Å². The number of thiazole rings is 1. The third-order valence-corrected chi connectivity index (χ3v) is 7.47. The van der Waals surface area contributed by atoms with Gasteiger partial charge in [-0.2, -0.15) is 5.10 Å². The van der Waals surface area contributed by atoms with E-state index in [4.69, 9.17) is 9.72 Å². The third-order valence-electron chi connectivity index (χ3n) is 6.50. The molecule has 11 heteroatoms. The summed E-state index contributed by atoms with van der Waals surface area (Å²) < 4.78 is 21.6. The van der Waals surface area contributed by atoms with Gasteiger partial charge in [-0.25, -0.2) is 14.4 Å². The zero-order valence-corrected chi connectivity index (χ0v) is 21.0. The third kappa shape index (κ3) is 4.41. The Hall–Kier alpha value is -3.31. The fraction of sp³-hybridized carbons (Fsp3) is 0.417. The number of aromatic nitrogens is 4. The largest absolute Gasteiger partial charge is 0.491 e. The van der Waals surface area contributed by atoms with Gasteiger partial charge in [0, 0.05) is 37.8 Å². The van der Waals surface area contributed by atoms with Crippen LogP contribution in [0.5, 0.6) is 5.75 Å². The zero-order valence-electron chi connectivity index (χ0n) is 20.2. The van der Waals surface area contributed by atoms with Gasteiger partial charge in [0.15, 0.2) is 16.6 Å². The first-order chi connectivity index (χ1) is 16.9. The number of pyridine rings is 1. The van der Waals surface area contributed by atoms with E-state index in [9.17, 15) is 9.18 Å². The molecule has 3 aromatic heterocycles. The molecule has 0 bridgehead atoms. The molecule has 9 nitrogen and oxygen atoms in total. The van der Waals surface area contributed by atoms with Gasteiger partial charge in [-0.05, 0) is 51.6 Å². The lowest BCUT2D eigenvalue weighted by atomic mass is 10.2. The van der Waals surface area contributed by atoms with Crippen molar-refractivity contribution in [2.24, 2.45) is 7.05 Å². The first kappa shape index (κ1) is 23.4. The summed E-state index contributed by atoms with van der Waals surface area (Å²) in [4.78, 5) is 27.7. The number of ether oxygens (including phenoxy) is 1. The van der Waals surface area contributed by atoms with Gasteiger partial charge >= 0.3 is 0 Å². The highest BCUT2D eigenvalue weighted by molar-refractivity contribution is 7.20. The quantitative estimate of drug-likeness (QED) is 0.414. The summed E-state index contributed by atoms with van der Waals surface area (Å²) in [6.07, 6.45) is 4.09. The topological polar surface area (TPSA) is 88.4 Å². The Morgan fingerprint density at radius 2 is 2.17 bits per heavy atom. The number of nitrogens with zero attached hydrogens (tertiary/aromatic N) is 6. The average Bonchev–Trinajstić information content (AvgIpc) is 3.55. The number of carbonyl (C=O) groups excluding carboxylic acids is 1. The second-order valence-electron chi connectivity index (χ2n) is 8.79. The van der Waals surface area contributed by atoms with E-state index in [2.05, 4.69) is 39.2 Å². The van der Waals surface area contributed by atoms with Gasteiger partial charge in [-0.15, -0.1) is 0 Å². The molecule has 1 atom stereocenters. The van der Waals surface area contributed by atoms with E-state index in [1.807, 2.05) is 12.1 Å². The maximum Gasteiger partial charge on any atom is 0.284 e. The molecule has 1 aliphatic rings. The summed E-state index contributed by atoms with van der Waals surface area (Å²) in [6, 6.07) is 6.01. The number of rotatable bonds is 7. The molecule has 1 amide bonds. The number of carbonyl (C=O) groups is 1. The van der Waals surface area contributed by atoms with E-state index in [0.29, 0.717) is 21.8 Å². The number of fused-ring (bicyclic) bond motifs is 2. The van der Waals surface area contributed by atoms with Crippen LogP contribution in [0.4, 0.5) is 15.9 Å². The minimum atomic E-state index is -0.621. The Labute approximate surface area is 206 Å². The van der Waals surface area contributed by atoms with Crippen molar-refractivity contribution in [3.05, 3.63) is 35.2 Å². The van der Waals surface area contributed by atoms with Crippen molar-refractivity contribution < 1.29 is 13.9 Å². The van der Waals surface area contributed by atoms with Gasteiger partial charge in [0.05, 0.1) is 12.8 Å². The molecule has 1 aromatic carbocycles. The molecule has 1 saturated heterocycles. The number of amides is 1. The van der Waals surface area contributed by atoms with Gasteiger partial charge in [0.25, 0.3) is 5.91 Å². The van der Waals surface area contributed by atoms with Crippen LogP contribution < -0.4 is 15.0 Å². The highest BCUT2D eigenvalue weighted by atomic mass is 32.1. The van der Waals surface area contributed by atoms with Crippen LogP contribution >= 0.6 is 11.3 Å². The van der Waals surface area contributed by atoms with Crippen molar-refractivity contribution in [3.8, 4) is 5.75 Å². The summed E-state index contributed by atoms with van der Waals surface area (Å²) in [5.41, 5.74) is 1.06. The Morgan fingerprint density at radius 3 is 2.89 bits per heavy atom. The van der Waals surface area contributed by atoms with Crippen molar-refractivity contribution >= 4 is 50.0 Å². The number of methoxy groups -OCH3 is 1. The number of likely N-dealkylation sites (tertiary alicyclic amines) is 1. The van der Waals surface area contributed by atoms with Crippen LogP contribution in [0.1, 0.15) is 29.6 Å². The molecule has 0 radical (unpaired) electrons. The first-order valence-corrected chi connectivity index (χ1v) is 12.4. The molecule has 0 saturated carbocycles. The van der Waals surface area contributed by atoms with E-state index in [-0.39, 0.29) is 22.0 Å². The summed E-state index contributed by atoms with van der Waals surface area (Å²) in [5, 5.41) is 7.67. The predicted molar refractivity (Wildman–Crippen MR) is 136 cm³/mol. The second kappa shape index (κ2) is 9.38. The van der Waals surface area contributed by atoms with Crippen LogP contribution in [0.3, 0.4) is 0 Å². The molecule has 1 aliphatic heterocycles. The number of hydrogen-bond donors (Lipinski definition) is 1. The van der Waals surface area contributed by atoms with Crippen LogP contribution in [0.2, 0.25) is 0 Å². The normalized spacial score (nSPS) is 16.3. The molecule has 184 valence electrons. The fourth-order valence-corrected chi connectivity index (χ4v) is 5.46. The summed E-state index contributed by atoms with van der Waals surface area (Å²) in [6.45, 7) is 5.01. The standard InChI is InChI=1S/C24H28FN7O2S/c1-5-32(13-15-7-6-10-30(15)2)18-9-8-16-23(28-18)35-24(27-16)22(33)26-17-11-14-12-31(3)29-20(14)19(25)21(17)34-4/h8-9,11-12,15H,5-7,10,13H2,1-4H3,(H,26,33). The molecular formula is C24H28FN7O2S. The summed E-state index contributed by atoms with van der Waals surface area (Å²) in [5.74, 6) is -0.261. The molecule has 1 N–H and O–H groups in total. The van der Waals surface area contributed by atoms with Crippen LogP contribution in [-0.2, 0) is 7.05 Å². The minimum absolute atomic E-state index is 0.0680. The van der Waals surface area contributed by atoms with E-state index in [0.717, 1.165) is 25.5 Å². The van der Waals surface area contributed by atoms with E-state index in [1.165, 1.54) is 36.0 Å². The van der Waals surface area contributed by atoms with Crippen molar-refractivity contribution in [1.82, 2.24) is 24.6 Å². The molecule has 1 unspecified atom stereocenters. The van der Waals surface area contributed by atoms with Gasteiger partial charge < -0.3 is 19.9 Å². The molecule has 0 aliphatic carbocycles. The van der Waals surface area contributed by atoms with Crippen molar-refractivity contribution in [3.63, 3.8) is 0 Å².